The minimum Gasteiger partial charge on any atom is -0.462 e. The summed E-state index contributed by atoms with van der Waals surface area (Å²) in [5.41, 5.74) is 5.65. The van der Waals surface area contributed by atoms with Gasteiger partial charge >= 0.3 is 5.97 Å². The first-order chi connectivity index (χ1) is 33.4. The number of hydrogen-bond acceptors (Lipinski definition) is 13. The molecule has 3 aliphatic heterocycles. The Morgan fingerprint density at radius 2 is 1.48 bits per heavy atom. The molecule has 69 heavy (non-hydrogen) atoms. The number of ketones is 1. The van der Waals surface area contributed by atoms with Gasteiger partial charge in [0, 0.05) is 56.4 Å². The number of Topliss-reactive ketones (excluding diaryl/α,β-unsaturated/α-hetero) is 1. The van der Waals surface area contributed by atoms with Crippen LogP contribution in [0.25, 0.3) is 28.1 Å². The molecule has 14 nitrogen and oxygen atoms in total. The third kappa shape index (κ3) is 10.3. The van der Waals surface area contributed by atoms with Crippen molar-refractivity contribution in [1.82, 2.24) is 19.9 Å². The van der Waals surface area contributed by atoms with E-state index in [9.17, 15) is 4.79 Å². The Kier molecular flexibility index (Phi) is 15.7. The van der Waals surface area contributed by atoms with Crippen molar-refractivity contribution < 1.29 is 47.5 Å². The Bertz CT molecular complexity index is 2280. The van der Waals surface area contributed by atoms with E-state index in [0.717, 1.165) is 47.3 Å². The molecule has 3 aromatic rings. The van der Waals surface area contributed by atoms with Gasteiger partial charge in [0.2, 0.25) is 0 Å². The quantitative estimate of drug-likeness (QED) is 0.161. The lowest BCUT2D eigenvalue weighted by Gasteiger charge is -2.44. The number of rotatable bonds is 12. The predicted octanol–water partition coefficient (Wildman–Crippen LogP) is 8.40. The molecule has 3 unspecified atom stereocenters. The van der Waals surface area contributed by atoms with Crippen molar-refractivity contribution in [1.29, 1.82) is 0 Å². The van der Waals surface area contributed by atoms with E-state index < -0.39 is 36.6 Å². The molecule has 1 saturated carbocycles. The molecule has 6 aliphatic rings. The molecule has 4 fully saturated rings. The third-order valence-electron chi connectivity index (χ3n) is 16.4. The number of likely N-dealkylation sites (N-methyl/N-ethyl adjacent to an activating group) is 1. The number of carbonyl (C=O) groups excluding carboxylic acids is 2. The number of fused-ring (bicyclic) bond motifs is 5. The molecule has 9 rings (SSSR count). The molecule has 3 saturated heterocycles. The maximum Gasteiger partial charge on any atom is 0.306 e. The maximum absolute atomic E-state index is 15.3. The van der Waals surface area contributed by atoms with Crippen LogP contribution in [0, 0.1) is 35.5 Å². The summed E-state index contributed by atoms with van der Waals surface area (Å²) in [5, 5.41) is 9.52. The molecule has 0 bridgehead atoms. The molecule has 1 aromatic heterocycles. The molecule has 374 valence electrons. The third-order valence-corrected chi connectivity index (χ3v) is 16.4. The minimum atomic E-state index is -0.700. The van der Waals surface area contributed by atoms with Crippen LogP contribution in [0.3, 0.4) is 0 Å². The summed E-state index contributed by atoms with van der Waals surface area (Å²) in [6, 6.07) is 19.0. The van der Waals surface area contributed by atoms with Crippen LogP contribution >= 0.6 is 0 Å². The van der Waals surface area contributed by atoms with Crippen molar-refractivity contribution in [3.05, 3.63) is 78.5 Å². The average Bonchev–Trinajstić information content (AvgIpc) is 4.10. The highest BCUT2D eigenvalue weighted by atomic mass is 16.7. The second-order valence-electron chi connectivity index (χ2n) is 20.6. The zero-order valence-electron chi connectivity index (χ0n) is 42.0. The van der Waals surface area contributed by atoms with Gasteiger partial charge in [0.15, 0.2) is 18.4 Å². The average molecular weight is 951 g/mol. The van der Waals surface area contributed by atoms with E-state index in [1.807, 2.05) is 42.9 Å². The van der Waals surface area contributed by atoms with Crippen molar-refractivity contribution in [3.63, 3.8) is 0 Å². The molecule has 0 radical (unpaired) electrons. The van der Waals surface area contributed by atoms with Crippen LogP contribution in [0.1, 0.15) is 85.5 Å². The van der Waals surface area contributed by atoms with Crippen LogP contribution in [0.15, 0.2) is 78.5 Å². The van der Waals surface area contributed by atoms with Crippen molar-refractivity contribution >= 4 is 17.4 Å². The van der Waals surface area contributed by atoms with E-state index in [2.05, 4.69) is 81.4 Å². The molecular weight excluding hydrogens is 877 g/mol. The molecule has 0 spiro atoms. The monoisotopic (exact) mass is 951 g/mol. The number of esters is 1. The fourth-order valence-corrected chi connectivity index (χ4v) is 12.7. The summed E-state index contributed by atoms with van der Waals surface area (Å²) in [5.74, 6) is -1.27. The first-order valence-corrected chi connectivity index (χ1v) is 25.5. The Balaban J connectivity index is 1.05. The van der Waals surface area contributed by atoms with E-state index >= 15 is 4.79 Å². The number of aromatic nitrogens is 3. The van der Waals surface area contributed by atoms with Gasteiger partial charge in [0.25, 0.3) is 0 Å². The molecule has 2 aromatic carbocycles. The highest BCUT2D eigenvalue weighted by molar-refractivity contribution is 5.99. The van der Waals surface area contributed by atoms with Crippen LogP contribution in [-0.2, 0) is 47.5 Å². The van der Waals surface area contributed by atoms with Crippen molar-refractivity contribution in [2.24, 2.45) is 35.5 Å². The number of benzene rings is 2. The lowest BCUT2D eigenvalue weighted by Crippen LogP contribution is -2.59. The summed E-state index contributed by atoms with van der Waals surface area (Å²) < 4.78 is 52.7. The first-order valence-electron chi connectivity index (χ1n) is 25.5. The Hall–Kier alpha value is -4.12. The summed E-state index contributed by atoms with van der Waals surface area (Å²) in [6.45, 7) is 8.15. The number of allylic oxidation sites excluding steroid dienone is 4. The van der Waals surface area contributed by atoms with Crippen molar-refractivity contribution in [2.75, 3.05) is 35.4 Å². The van der Waals surface area contributed by atoms with Gasteiger partial charge in [-0.25, -0.2) is 4.68 Å². The normalized spacial score (nSPS) is 37.4. The van der Waals surface area contributed by atoms with Gasteiger partial charge in [-0.3, -0.25) is 9.59 Å². The molecule has 0 amide bonds. The van der Waals surface area contributed by atoms with Gasteiger partial charge in [-0.1, -0.05) is 85.8 Å². The van der Waals surface area contributed by atoms with Gasteiger partial charge < -0.3 is 42.8 Å². The smallest absolute Gasteiger partial charge is 0.306 e. The lowest BCUT2D eigenvalue weighted by atomic mass is 9.69. The topological polar surface area (TPSA) is 142 Å². The summed E-state index contributed by atoms with van der Waals surface area (Å²) in [4.78, 5) is 31.6. The molecule has 0 N–H and O–H groups in total. The van der Waals surface area contributed by atoms with E-state index in [1.165, 1.54) is 0 Å². The van der Waals surface area contributed by atoms with Crippen LogP contribution in [0.4, 0.5) is 0 Å². The molecule has 4 heterocycles. The fraction of sp³-hybridized carbons (Fsp3) is 0.636. The van der Waals surface area contributed by atoms with E-state index in [0.29, 0.717) is 43.7 Å². The van der Waals surface area contributed by atoms with E-state index in [1.54, 1.807) is 21.3 Å². The fourth-order valence-electron chi connectivity index (χ4n) is 12.7. The molecular formula is C55H74N4O10. The number of cyclic esters (lactones) is 1. The highest BCUT2D eigenvalue weighted by Gasteiger charge is 2.55. The lowest BCUT2D eigenvalue weighted by molar-refractivity contribution is -0.314. The highest BCUT2D eigenvalue weighted by Crippen LogP contribution is 2.57. The number of carbonyl (C=O) groups is 2. The SMILES string of the molecule is CC[C@H]1CCC[C@H](O[C@H]2CC[C@H](N(C)C)C(C)O2)[C@@H](C)C(=O)C2=C[C@@H]3[C@@H](C=C(n4cc(-c5ccc(-c6ccccc6)cc5)nn4)[C@@H]4C[C@@H](O[C@@H]5OC(C)[C@H](OC)C(OC)[C@@H]5OC)C[C@@H]34)[C@@H]2CC(=O)O1. The number of nitrogens with zero attached hydrogens (tertiary/aromatic N) is 4. The van der Waals surface area contributed by atoms with E-state index in [4.69, 9.17) is 48.2 Å². The number of hydrogen-bond donors (Lipinski definition) is 0. The van der Waals surface area contributed by atoms with Gasteiger partial charge in [-0.15, -0.1) is 5.10 Å². The van der Waals surface area contributed by atoms with Crippen LogP contribution in [0.5, 0.6) is 0 Å². The minimum absolute atomic E-state index is 0.00326. The van der Waals surface area contributed by atoms with Crippen molar-refractivity contribution in [2.45, 2.75) is 153 Å². The Morgan fingerprint density at radius 1 is 0.754 bits per heavy atom. The summed E-state index contributed by atoms with van der Waals surface area (Å²) in [6.07, 6.45) is 9.05. The zero-order chi connectivity index (χ0) is 48.5. The van der Waals surface area contributed by atoms with Crippen LogP contribution in [0.2, 0.25) is 0 Å². The second kappa shape index (κ2) is 21.7. The van der Waals surface area contributed by atoms with Crippen LogP contribution in [-0.4, -0.2) is 135 Å². The largest absolute Gasteiger partial charge is 0.462 e. The summed E-state index contributed by atoms with van der Waals surface area (Å²) >= 11 is 0. The maximum atomic E-state index is 15.3. The predicted molar refractivity (Wildman–Crippen MR) is 260 cm³/mol. The molecule has 3 aliphatic carbocycles. The van der Waals surface area contributed by atoms with Crippen molar-refractivity contribution in [3.8, 4) is 22.4 Å². The first kappa shape index (κ1) is 49.8. The van der Waals surface area contributed by atoms with Gasteiger partial charge in [-0.05, 0) is 114 Å². The number of ether oxygens (including phenoxy) is 8. The summed E-state index contributed by atoms with van der Waals surface area (Å²) in [7, 11) is 9.14. The molecule has 17 atom stereocenters. The van der Waals surface area contributed by atoms with Crippen LogP contribution < -0.4 is 0 Å². The number of methoxy groups -OCH3 is 3. The van der Waals surface area contributed by atoms with E-state index in [-0.39, 0.29) is 78.5 Å². The Labute approximate surface area is 408 Å². The van der Waals surface area contributed by atoms with Gasteiger partial charge in [0.05, 0.1) is 37.0 Å². The zero-order valence-corrected chi connectivity index (χ0v) is 42.0. The standard InChI is InChI=1S/C55H74N4O10/c1-10-37-17-14-18-48(69-50-24-23-46(58(5)6)32(3)65-50)31(2)51(61)44-27-40-39-25-38(68-55-54(64-9)53(63-8)52(62-7)33(4)66-55)26-43(39)47(28-41(40)42(44)29-49(60)67-37)59-30-45(56-57-59)36-21-19-35(20-22-36)34-15-12-11-13-16-34/h11-13,15-16,19-22,27-28,30-33,37-43,46,48,50,52-55H,10,14,17-18,23-26,29H2,1-9H3/t31-,32?,33?,37+,38+,39+,40+,41-,42+,43-,46+,48+,50+,52+,53?,54+,55+/m1/s1. The van der Waals surface area contributed by atoms with Gasteiger partial charge in [-0.2, -0.15) is 0 Å². The van der Waals surface area contributed by atoms with Gasteiger partial charge in [0.1, 0.15) is 30.1 Å². The Morgan fingerprint density at radius 3 is 2.17 bits per heavy atom. The molecule has 14 heteroatoms. The second-order valence-corrected chi connectivity index (χ2v) is 20.6.